The van der Waals surface area contributed by atoms with Crippen LogP contribution in [0.25, 0.3) is 0 Å². The van der Waals surface area contributed by atoms with Gasteiger partial charge in [0.15, 0.2) is 0 Å². The third-order valence-electron chi connectivity index (χ3n) is 2.53. The van der Waals surface area contributed by atoms with E-state index in [-0.39, 0.29) is 6.10 Å². The van der Waals surface area contributed by atoms with Crippen LogP contribution in [0.5, 0.6) is 6.01 Å². The summed E-state index contributed by atoms with van der Waals surface area (Å²) in [6.07, 6.45) is 0.185. The molecule has 2 heterocycles. The Morgan fingerprint density at radius 1 is 1.41 bits per heavy atom. The van der Waals surface area contributed by atoms with Crippen LogP contribution in [0.3, 0.4) is 0 Å². The molecule has 2 rings (SSSR count). The molecule has 0 spiro atoms. The molecule has 0 aromatic carbocycles. The molecule has 7 nitrogen and oxygen atoms in total. The first-order valence-corrected chi connectivity index (χ1v) is 5.57. The van der Waals surface area contributed by atoms with Gasteiger partial charge in [-0.2, -0.15) is 15.0 Å². The smallest absolute Gasteiger partial charge is 0.322 e. The third kappa shape index (κ3) is 2.73. The molecule has 1 atom stereocenters. The molecule has 1 aromatic heterocycles. The van der Waals surface area contributed by atoms with Gasteiger partial charge in [0.2, 0.25) is 11.9 Å². The van der Waals surface area contributed by atoms with Crippen molar-refractivity contribution in [3.8, 4) is 6.01 Å². The fourth-order valence-electron chi connectivity index (χ4n) is 1.69. The van der Waals surface area contributed by atoms with Crippen molar-refractivity contribution in [2.75, 3.05) is 44.1 Å². The Hall–Kier alpha value is -1.63. The second-order valence-corrected chi connectivity index (χ2v) is 3.82. The van der Waals surface area contributed by atoms with E-state index >= 15 is 0 Å². The molecule has 0 radical (unpaired) electrons. The molecule has 1 saturated heterocycles. The van der Waals surface area contributed by atoms with Crippen LogP contribution in [-0.2, 0) is 4.74 Å². The van der Waals surface area contributed by atoms with E-state index in [9.17, 15) is 0 Å². The third-order valence-corrected chi connectivity index (χ3v) is 2.53. The lowest BCUT2D eigenvalue weighted by atomic mass is 10.3. The Balaban J connectivity index is 2.23. The van der Waals surface area contributed by atoms with Gasteiger partial charge in [-0.25, -0.2) is 0 Å². The van der Waals surface area contributed by atoms with Crippen molar-refractivity contribution in [1.29, 1.82) is 0 Å². The highest BCUT2D eigenvalue weighted by Crippen LogP contribution is 2.17. The Morgan fingerprint density at radius 2 is 2.24 bits per heavy atom. The highest BCUT2D eigenvalue weighted by Gasteiger charge is 2.20. The number of methoxy groups -OCH3 is 1. The van der Waals surface area contributed by atoms with Crippen molar-refractivity contribution in [1.82, 2.24) is 15.0 Å². The number of ether oxygens (including phenoxy) is 2. The van der Waals surface area contributed by atoms with Crippen molar-refractivity contribution < 1.29 is 9.47 Å². The largest absolute Gasteiger partial charge is 0.467 e. The fourth-order valence-corrected chi connectivity index (χ4v) is 1.69. The minimum Gasteiger partial charge on any atom is -0.467 e. The van der Waals surface area contributed by atoms with E-state index in [0.717, 1.165) is 13.1 Å². The number of anilines is 2. The lowest BCUT2D eigenvalue weighted by molar-refractivity contribution is 0.0526. The lowest BCUT2D eigenvalue weighted by Gasteiger charge is -2.31. The summed E-state index contributed by atoms with van der Waals surface area (Å²) in [4.78, 5) is 14.7. The summed E-state index contributed by atoms with van der Waals surface area (Å²) in [7, 11) is 3.31. The summed E-state index contributed by atoms with van der Waals surface area (Å²) in [5.41, 5.74) is 0. The van der Waals surface area contributed by atoms with Crippen LogP contribution >= 0.6 is 0 Å². The van der Waals surface area contributed by atoms with Gasteiger partial charge in [0.1, 0.15) is 0 Å². The van der Waals surface area contributed by atoms with Crippen molar-refractivity contribution in [3.63, 3.8) is 0 Å². The maximum Gasteiger partial charge on any atom is 0.322 e. The molecule has 0 amide bonds. The van der Waals surface area contributed by atoms with Gasteiger partial charge in [0.25, 0.3) is 0 Å². The molecule has 0 bridgehead atoms. The average Bonchev–Trinajstić information content (AvgIpc) is 2.38. The highest BCUT2D eigenvalue weighted by molar-refractivity contribution is 5.38. The van der Waals surface area contributed by atoms with Gasteiger partial charge < -0.3 is 19.7 Å². The quantitative estimate of drug-likeness (QED) is 0.804. The Kier molecular flexibility index (Phi) is 3.58. The molecule has 1 aromatic rings. The van der Waals surface area contributed by atoms with Crippen molar-refractivity contribution >= 4 is 11.9 Å². The maximum absolute atomic E-state index is 5.48. The molecule has 7 heteroatoms. The summed E-state index contributed by atoms with van der Waals surface area (Å²) in [5, 5.41) is 2.89. The summed E-state index contributed by atoms with van der Waals surface area (Å²) in [6, 6.07) is 0.318. The second kappa shape index (κ2) is 5.13. The van der Waals surface area contributed by atoms with Crippen LogP contribution in [0.4, 0.5) is 11.9 Å². The molecule has 94 valence electrons. The zero-order valence-corrected chi connectivity index (χ0v) is 10.3. The maximum atomic E-state index is 5.48. The predicted octanol–water partition coefficient (Wildman–Crippen LogP) is 0.147. The minimum atomic E-state index is 0.185. The van der Waals surface area contributed by atoms with E-state index in [2.05, 4.69) is 25.2 Å². The van der Waals surface area contributed by atoms with Crippen LogP contribution in [0.15, 0.2) is 0 Å². The Bertz CT molecular complexity index is 365. The summed E-state index contributed by atoms with van der Waals surface area (Å²) in [5.74, 6) is 1.13. The Morgan fingerprint density at radius 3 is 2.88 bits per heavy atom. The standard InChI is InChI=1S/C10H17N5O2/c1-7-6-15(4-5-17-7)9-12-8(11-2)13-10(14-9)16-3/h7H,4-6H2,1-3H3,(H,11,12,13,14). The average molecular weight is 239 g/mol. The molecule has 1 unspecified atom stereocenters. The topological polar surface area (TPSA) is 72.4 Å². The first kappa shape index (κ1) is 11.8. The molecule has 0 aliphatic carbocycles. The van der Waals surface area contributed by atoms with Gasteiger partial charge >= 0.3 is 6.01 Å². The van der Waals surface area contributed by atoms with E-state index in [1.807, 2.05) is 6.92 Å². The summed E-state index contributed by atoms with van der Waals surface area (Å²) < 4.78 is 10.5. The van der Waals surface area contributed by atoms with Crippen molar-refractivity contribution in [2.45, 2.75) is 13.0 Å². The van der Waals surface area contributed by atoms with Gasteiger partial charge in [-0.15, -0.1) is 0 Å². The molecule has 0 saturated carbocycles. The number of hydrogen-bond donors (Lipinski definition) is 1. The molecular formula is C10H17N5O2. The number of hydrogen-bond acceptors (Lipinski definition) is 7. The van der Waals surface area contributed by atoms with Crippen LogP contribution in [0, 0.1) is 0 Å². The van der Waals surface area contributed by atoms with E-state index in [1.54, 1.807) is 14.2 Å². The predicted molar refractivity (Wildman–Crippen MR) is 63.6 cm³/mol. The number of rotatable bonds is 3. The first-order valence-electron chi connectivity index (χ1n) is 5.57. The van der Waals surface area contributed by atoms with Gasteiger partial charge in [-0.3, -0.25) is 0 Å². The minimum absolute atomic E-state index is 0.185. The molecule has 1 N–H and O–H groups in total. The Labute approximate surface area is 100 Å². The van der Waals surface area contributed by atoms with Crippen molar-refractivity contribution in [2.24, 2.45) is 0 Å². The fraction of sp³-hybridized carbons (Fsp3) is 0.700. The van der Waals surface area contributed by atoms with Crippen molar-refractivity contribution in [3.05, 3.63) is 0 Å². The van der Waals surface area contributed by atoms with E-state index in [1.165, 1.54) is 0 Å². The van der Waals surface area contributed by atoms with E-state index < -0.39 is 0 Å². The zero-order chi connectivity index (χ0) is 12.3. The molecule has 1 aliphatic heterocycles. The summed E-state index contributed by atoms with van der Waals surface area (Å²) >= 11 is 0. The second-order valence-electron chi connectivity index (χ2n) is 3.82. The number of nitrogens with zero attached hydrogens (tertiary/aromatic N) is 4. The number of aromatic nitrogens is 3. The summed E-state index contributed by atoms with van der Waals surface area (Å²) in [6.45, 7) is 4.27. The normalized spacial score (nSPS) is 20.2. The van der Waals surface area contributed by atoms with Crippen LogP contribution < -0.4 is 15.0 Å². The zero-order valence-electron chi connectivity index (χ0n) is 10.3. The molecule has 17 heavy (non-hydrogen) atoms. The number of nitrogens with one attached hydrogen (secondary N) is 1. The highest BCUT2D eigenvalue weighted by atomic mass is 16.5. The lowest BCUT2D eigenvalue weighted by Crippen LogP contribution is -2.42. The van der Waals surface area contributed by atoms with Crippen LogP contribution in [-0.4, -0.2) is 54.9 Å². The van der Waals surface area contributed by atoms with E-state index in [0.29, 0.717) is 24.5 Å². The molecule has 1 aliphatic rings. The van der Waals surface area contributed by atoms with Crippen LogP contribution in [0.2, 0.25) is 0 Å². The SMILES string of the molecule is CNc1nc(OC)nc(N2CCOC(C)C2)n1. The van der Waals surface area contributed by atoms with Gasteiger partial charge in [-0.1, -0.05) is 0 Å². The molecule has 1 fully saturated rings. The monoisotopic (exact) mass is 239 g/mol. The number of morpholine rings is 1. The van der Waals surface area contributed by atoms with Gasteiger partial charge in [0, 0.05) is 20.1 Å². The molecular weight excluding hydrogens is 222 g/mol. The van der Waals surface area contributed by atoms with Gasteiger partial charge in [-0.05, 0) is 6.92 Å². The van der Waals surface area contributed by atoms with E-state index in [4.69, 9.17) is 9.47 Å². The van der Waals surface area contributed by atoms with Gasteiger partial charge in [0.05, 0.1) is 19.8 Å². The van der Waals surface area contributed by atoms with Crippen LogP contribution in [0.1, 0.15) is 6.92 Å². The first-order chi connectivity index (χ1) is 8.22.